The molecule has 0 amide bonds. The second kappa shape index (κ2) is 6.85. The Morgan fingerprint density at radius 1 is 1.04 bits per heavy atom. The van der Waals surface area contributed by atoms with Crippen LogP contribution in [0.5, 0.6) is 0 Å². The van der Waals surface area contributed by atoms with Crippen LogP contribution in [0.1, 0.15) is 29.8 Å². The average Bonchev–Trinajstić information content (AvgIpc) is 2.59. The Morgan fingerprint density at radius 3 is 2.33 bits per heavy atom. The summed E-state index contributed by atoms with van der Waals surface area (Å²) in [6, 6.07) is 18.9. The number of benzene rings is 2. The fraction of sp³-hybridized carbons (Fsp3) is 0.190. The number of esters is 1. The van der Waals surface area contributed by atoms with Crippen molar-refractivity contribution < 1.29 is 14.3 Å². The number of carbonyl (C=O) groups is 1. The first-order valence-electron chi connectivity index (χ1n) is 7.93. The van der Waals surface area contributed by atoms with Crippen molar-refractivity contribution in [1.82, 2.24) is 0 Å². The van der Waals surface area contributed by atoms with E-state index < -0.39 is 5.60 Å². The molecule has 3 nitrogen and oxygen atoms in total. The fourth-order valence-electron chi connectivity index (χ4n) is 2.48. The zero-order chi connectivity index (χ0) is 17.0. The summed E-state index contributed by atoms with van der Waals surface area (Å²) in [6.45, 7) is 4.29. The molecule has 2 aromatic rings. The van der Waals surface area contributed by atoms with Crippen LogP contribution in [0.25, 0.3) is 6.08 Å². The monoisotopic (exact) mass is 320 g/mol. The predicted molar refractivity (Wildman–Crippen MR) is 94.4 cm³/mol. The Balaban J connectivity index is 1.89. The Bertz CT molecular complexity index is 771. The van der Waals surface area contributed by atoms with Crippen molar-refractivity contribution in [3.05, 3.63) is 89.2 Å². The Morgan fingerprint density at radius 2 is 1.67 bits per heavy atom. The van der Waals surface area contributed by atoms with Crippen molar-refractivity contribution in [2.24, 2.45) is 0 Å². The van der Waals surface area contributed by atoms with Crippen molar-refractivity contribution in [3.8, 4) is 0 Å². The van der Waals surface area contributed by atoms with E-state index in [9.17, 15) is 4.79 Å². The van der Waals surface area contributed by atoms with Gasteiger partial charge >= 0.3 is 5.97 Å². The summed E-state index contributed by atoms with van der Waals surface area (Å²) in [5.41, 5.74) is 1.95. The second-order valence-electron chi connectivity index (χ2n) is 6.24. The van der Waals surface area contributed by atoms with Crippen LogP contribution in [0.15, 0.2) is 78.1 Å². The van der Waals surface area contributed by atoms with E-state index in [0.717, 1.165) is 11.1 Å². The highest BCUT2D eigenvalue weighted by molar-refractivity contribution is 5.90. The minimum atomic E-state index is -0.472. The maximum Gasteiger partial charge on any atom is 0.343 e. The number of hydrogen-bond donors (Lipinski definition) is 0. The Kier molecular flexibility index (Phi) is 4.63. The molecule has 3 rings (SSSR count). The van der Waals surface area contributed by atoms with Gasteiger partial charge in [0.25, 0.3) is 0 Å². The first kappa shape index (κ1) is 16.2. The SMILES string of the molecule is CC1(C)C=C(OC(=O)c2ccccc2)/C(=C\c2ccccc2)CO1. The fourth-order valence-corrected chi connectivity index (χ4v) is 2.48. The van der Waals surface area contributed by atoms with Crippen LogP contribution in [-0.4, -0.2) is 18.2 Å². The molecule has 0 aromatic heterocycles. The molecule has 122 valence electrons. The first-order valence-corrected chi connectivity index (χ1v) is 7.93. The Labute approximate surface area is 142 Å². The molecule has 24 heavy (non-hydrogen) atoms. The second-order valence-corrected chi connectivity index (χ2v) is 6.24. The van der Waals surface area contributed by atoms with Crippen LogP contribution >= 0.6 is 0 Å². The summed E-state index contributed by atoms with van der Waals surface area (Å²) in [7, 11) is 0. The predicted octanol–water partition coefficient (Wildman–Crippen LogP) is 4.62. The van der Waals surface area contributed by atoms with Crippen LogP contribution in [-0.2, 0) is 9.47 Å². The first-order chi connectivity index (χ1) is 11.5. The molecule has 0 radical (unpaired) electrons. The van der Waals surface area contributed by atoms with Gasteiger partial charge in [0.05, 0.1) is 17.8 Å². The number of ether oxygens (including phenoxy) is 2. The topological polar surface area (TPSA) is 35.5 Å². The summed E-state index contributed by atoms with van der Waals surface area (Å²) in [4.78, 5) is 12.4. The van der Waals surface area contributed by atoms with Crippen LogP contribution in [0.4, 0.5) is 0 Å². The molecule has 1 aliphatic rings. The van der Waals surface area contributed by atoms with Gasteiger partial charge in [-0.05, 0) is 43.7 Å². The molecule has 0 aliphatic carbocycles. The average molecular weight is 320 g/mol. The number of carbonyl (C=O) groups excluding carboxylic acids is 1. The summed E-state index contributed by atoms with van der Waals surface area (Å²) in [5.74, 6) is 0.197. The number of hydrogen-bond acceptors (Lipinski definition) is 3. The molecule has 0 N–H and O–H groups in total. The van der Waals surface area contributed by atoms with Gasteiger partial charge in [-0.2, -0.15) is 0 Å². The van der Waals surface area contributed by atoms with E-state index in [1.165, 1.54) is 0 Å². The Hall–Kier alpha value is -2.65. The lowest BCUT2D eigenvalue weighted by Crippen LogP contribution is -2.29. The lowest BCUT2D eigenvalue weighted by atomic mass is 10.0. The maximum absolute atomic E-state index is 12.4. The van der Waals surface area contributed by atoms with Crippen molar-refractivity contribution in [1.29, 1.82) is 0 Å². The summed E-state index contributed by atoms with van der Waals surface area (Å²) < 4.78 is 11.5. The minimum absolute atomic E-state index is 0.362. The molecule has 0 saturated heterocycles. The van der Waals surface area contributed by atoms with Gasteiger partial charge in [0, 0.05) is 5.57 Å². The van der Waals surface area contributed by atoms with E-state index in [-0.39, 0.29) is 5.97 Å². The van der Waals surface area contributed by atoms with Gasteiger partial charge in [0.1, 0.15) is 5.76 Å². The molecule has 0 bridgehead atoms. The van der Waals surface area contributed by atoms with Crippen LogP contribution in [0, 0.1) is 0 Å². The van der Waals surface area contributed by atoms with E-state index in [4.69, 9.17) is 9.47 Å². The third-order valence-electron chi connectivity index (χ3n) is 3.75. The van der Waals surface area contributed by atoms with Gasteiger partial charge < -0.3 is 9.47 Å². The van der Waals surface area contributed by atoms with Gasteiger partial charge in [0.2, 0.25) is 0 Å². The smallest absolute Gasteiger partial charge is 0.343 e. The quantitative estimate of drug-likeness (QED) is 0.774. The molecule has 0 saturated carbocycles. The zero-order valence-electron chi connectivity index (χ0n) is 13.9. The normalized spacial score (nSPS) is 18.1. The minimum Gasteiger partial charge on any atom is -0.423 e. The molecule has 0 spiro atoms. The molecule has 0 fully saturated rings. The highest BCUT2D eigenvalue weighted by Gasteiger charge is 2.27. The van der Waals surface area contributed by atoms with Crippen molar-refractivity contribution in [2.75, 3.05) is 6.61 Å². The summed E-state index contributed by atoms with van der Waals surface area (Å²) in [5, 5.41) is 0. The van der Waals surface area contributed by atoms with E-state index in [1.54, 1.807) is 12.1 Å². The number of rotatable bonds is 3. The van der Waals surface area contributed by atoms with E-state index in [1.807, 2.05) is 74.5 Å². The van der Waals surface area contributed by atoms with Crippen molar-refractivity contribution >= 4 is 12.0 Å². The molecule has 0 unspecified atom stereocenters. The molecular formula is C21H20O3. The van der Waals surface area contributed by atoms with E-state index in [0.29, 0.717) is 17.9 Å². The summed E-state index contributed by atoms with van der Waals surface area (Å²) >= 11 is 0. The molecule has 2 aromatic carbocycles. The third kappa shape index (κ3) is 4.00. The van der Waals surface area contributed by atoms with Gasteiger partial charge in [-0.25, -0.2) is 4.79 Å². The van der Waals surface area contributed by atoms with Gasteiger partial charge in [-0.15, -0.1) is 0 Å². The summed E-state index contributed by atoms with van der Waals surface area (Å²) in [6.07, 6.45) is 3.84. The largest absolute Gasteiger partial charge is 0.423 e. The van der Waals surface area contributed by atoms with Gasteiger partial charge in [-0.3, -0.25) is 0 Å². The zero-order valence-corrected chi connectivity index (χ0v) is 13.9. The van der Waals surface area contributed by atoms with Crippen LogP contribution in [0.3, 0.4) is 0 Å². The molecule has 0 atom stereocenters. The molecule has 3 heteroatoms. The lowest BCUT2D eigenvalue weighted by Gasteiger charge is -2.29. The van der Waals surface area contributed by atoms with E-state index in [2.05, 4.69) is 0 Å². The van der Waals surface area contributed by atoms with Crippen LogP contribution < -0.4 is 0 Å². The molecule has 1 aliphatic heterocycles. The van der Waals surface area contributed by atoms with Gasteiger partial charge in [-0.1, -0.05) is 48.5 Å². The van der Waals surface area contributed by atoms with E-state index >= 15 is 0 Å². The highest BCUT2D eigenvalue weighted by Crippen LogP contribution is 2.29. The van der Waals surface area contributed by atoms with Gasteiger partial charge in [0.15, 0.2) is 0 Å². The van der Waals surface area contributed by atoms with Crippen LogP contribution in [0.2, 0.25) is 0 Å². The molecule has 1 heterocycles. The maximum atomic E-state index is 12.4. The highest BCUT2D eigenvalue weighted by atomic mass is 16.5. The third-order valence-corrected chi connectivity index (χ3v) is 3.75. The standard InChI is InChI=1S/C21H20O3/c1-21(2)14-19(24-20(22)17-11-7-4-8-12-17)18(15-23-21)13-16-9-5-3-6-10-16/h3-14H,15H2,1-2H3/b18-13-. The van der Waals surface area contributed by atoms with Crippen molar-refractivity contribution in [3.63, 3.8) is 0 Å². The molecular weight excluding hydrogens is 300 g/mol. The van der Waals surface area contributed by atoms with Crippen molar-refractivity contribution in [2.45, 2.75) is 19.4 Å². The lowest BCUT2D eigenvalue weighted by molar-refractivity contribution is 0.0175.